The first-order valence-electron chi connectivity index (χ1n) is 9.00. The molecule has 2 heteroatoms. The Labute approximate surface area is 126 Å². The Morgan fingerprint density at radius 2 is 1.85 bits per heavy atom. The zero-order chi connectivity index (χ0) is 14.4. The molecule has 1 saturated carbocycles. The van der Waals surface area contributed by atoms with Crippen LogP contribution in [0.3, 0.4) is 0 Å². The highest BCUT2D eigenvalue weighted by Crippen LogP contribution is 2.51. The SMILES string of the molecule is CCCC(C)(C)CC1(C)C[N+]12CCN(C1CCC1)CC2. The van der Waals surface area contributed by atoms with Gasteiger partial charge in [-0.15, -0.1) is 0 Å². The minimum atomic E-state index is 0.538. The molecular weight excluding hydrogens is 244 g/mol. The second-order valence-electron chi connectivity index (χ2n) is 8.96. The van der Waals surface area contributed by atoms with Crippen LogP contribution in [0.4, 0.5) is 0 Å². The zero-order valence-electron chi connectivity index (χ0n) is 14.2. The molecule has 1 unspecified atom stereocenters. The van der Waals surface area contributed by atoms with Crippen molar-refractivity contribution in [3.8, 4) is 0 Å². The third kappa shape index (κ3) is 2.54. The van der Waals surface area contributed by atoms with E-state index < -0.39 is 0 Å². The predicted octanol–water partition coefficient (Wildman–Crippen LogP) is 3.66. The number of nitrogens with zero attached hydrogens (tertiary/aromatic N) is 2. The van der Waals surface area contributed by atoms with E-state index in [1.807, 2.05) is 0 Å². The smallest absolute Gasteiger partial charge is 0.147 e. The Hall–Kier alpha value is -0.0800. The second kappa shape index (κ2) is 4.98. The van der Waals surface area contributed by atoms with Gasteiger partial charge in [0.05, 0.1) is 13.1 Å². The van der Waals surface area contributed by atoms with Crippen molar-refractivity contribution in [1.82, 2.24) is 4.90 Å². The molecule has 1 atom stereocenters. The Morgan fingerprint density at radius 1 is 1.20 bits per heavy atom. The molecule has 1 aliphatic carbocycles. The maximum absolute atomic E-state index is 2.79. The van der Waals surface area contributed by atoms with E-state index in [9.17, 15) is 0 Å². The molecular formula is C18H35N2+. The molecule has 0 aromatic carbocycles. The summed E-state index contributed by atoms with van der Waals surface area (Å²) in [7, 11) is 0. The van der Waals surface area contributed by atoms with Crippen molar-refractivity contribution in [2.45, 2.75) is 77.8 Å². The van der Waals surface area contributed by atoms with Gasteiger partial charge in [0, 0.05) is 25.6 Å². The van der Waals surface area contributed by atoms with E-state index in [2.05, 4.69) is 32.6 Å². The molecule has 0 aromatic rings. The zero-order valence-corrected chi connectivity index (χ0v) is 14.2. The van der Waals surface area contributed by atoms with Gasteiger partial charge in [-0.25, -0.2) is 0 Å². The highest BCUT2D eigenvalue weighted by Gasteiger charge is 2.67. The third-order valence-electron chi connectivity index (χ3n) is 6.69. The maximum Gasteiger partial charge on any atom is 0.147 e. The van der Waals surface area contributed by atoms with Gasteiger partial charge in [0.2, 0.25) is 0 Å². The lowest BCUT2D eigenvalue weighted by Gasteiger charge is -2.43. The average molecular weight is 279 g/mol. The number of hydrogen-bond acceptors (Lipinski definition) is 1. The van der Waals surface area contributed by atoms with Crippen molar-refractivity contribution < 1.29 is 4.48 Å². The summed E-state index contributed by atoms with van der Waals surface area (Å²) in [4.78, 5) is 2.79. The fraction of sp³-hybridized carbons (Fsp3) is 1.00. The number of rotatable bonds is 5. The summed E-state index contributed by atoms with van der Waals surface area (Å²) in [6, 6.07) is 0.957. The van der Waals surface area contributed by atoms with Crippen molar-refractivity contribution in [2.75, 3.05) is 32.7 Å². The van der Waals surface area contributed by atoms with Crippen LogP contribution in [-0.2, 0) is 0 Å². The minimum Gasteiger partial charge on any atom is -0.307 e. The molecule has 2 saturated heterocycles. The molecule has 116 valence electrons. The standard InChI is InChI=1S/C18H35N2/c1-5-9-17(2,3)14-18(4)15-20(18)12-10-19(11-13-20)16-7-6-8-16/h16H,5-15H2,1-4H3/q+1. The molecule has 3 rings (SSSR count). The highest BCUT2D eigenvalue weighted by atomic mass is 15.6. The summed E-state index contributed by atoms with van der Waals surface area (Å²) in [5.74, 6) is 0. The van der Waals surface area contributed by atoms with Crippen LogP contribution in [0, 0.1) is 5.41 Å². The quantitative estimate of drug-likeness (QED) is 0.548. The predicted molar refractivity (Wildman–Crippen MR) is 85.8 cm³/mol. The van der Waals surface area contributed by atoms with Crippen LogP contribution in [0.5, 0.6) is 0 Å². The van der Waals surface area contributed by atoms with Crippen LogP contribution in [0.2, 0.25) is 0 Å². The van der Waals surface area contributed by atoms with Gasteiger partial charge in [-0.05, 0) is 31.6 Å². The molecule has 0 N–H and O–H groups in total. The largest absolute Gasteiger partial charge is 0.307 e. The average Bonchev–Trinajstić information content (AvgIpc) is 2.82. The van der Waals surface area contributed by atoms with Gasteiger partial charge in [0.15, 0.2) is 0 Å². The fourth-order valence-electron chi connectivity index (χ4n) is 5.31. The van der Waals surface area contributed by atoms with E-state index >= 15 is 0 Å². The Kier molecular flexibility index (Phi) is 3.70. The molecule has 0 radical (unpaired) electrons. The van der Waals surface area contributed by atoms with Gasteiger partial charge in [-0.3, -0.25) is 4.90 Å². The molecule has 3 fully saturated rings. The minimum absolute atomic E-state index is 0.538. The van der Waals surface area contributed by atoms with Crippen LogP contribution >= 0.6 is 0 Å². The van der Waals surface area contributed by atoms with E-state index in [1.54, 1.807) is 0 Å². The molecule has 20 heavy (non-hydrogen) atoms. The Bertz CT molecular complexity index is 350. The van der Waals surface area contributed by atoms with Crippen molar-refractivity contribution in [1.29, 1.82) is 0 Å². The summed E-state index contributed by atoms with van der Waals surface area (Å²) in [5, 5.41) is 0. The Balaban J connectivity index is 1.54. The lowest BCUT2D eigenvalue weighted by molar-refractivity contribution is -0.835. The molecule has 2 nitrogen and oxygen atoms in total. The molecule has 2 aliphatic heterocycles. The van der Waals surface area contributed by atoms with E-state index in [0.29, 0.717) is 11.0 Å². The van der Waals surface area contributed by atoms with E-state index in [0.717, 1.165) is 6.04 Å². The molecule has 1 spiro atoms. The summed E-state index contributed by atoms with van der Waals surface area (Å²) >= 11 is 0. The molecule has 3 aliphatic rings. The van der Waals surface area contributed by atoms with Crippen LogP contribution in [0.25, 0.3) is 0 Å². The summed E-state index contributed by atoms with van der Waals surface area (Å²) < 4.78 is 1.45. The lowest BCUT2D eigenvalue weighted by Crippen LogP contribution is -2.55. The van der Waals surface area contributed by atoms with Gasteiger partial charge in [0.1, 0.15) is 12.1 Å². The van der Waals surface area contributed by atoms with Crippen molar-refractivity contribution >= 4 is 0 Å². The first-order chi connectivity index (χ1) is 9.40. The van der Waals surface area contributed by atoms with E-state index in [1.165, 1.54) is 75.7 Å². The molecule has 0 aromatic heterocycles. The number of piperazine rings is 1. The summed E-state index contributed by atoms with van der Waals surface area (Å²) in [6.07, 6.45) is 8.57. The van der Waals surface area contributed by atoms with Crippen LogP contribution in [-0.4, -0.2) is 53.7 Å². The monoisotopic (exact) mass is 279 g/mol. The summed E-state index contributed by atoms with van der Waals surface area (Å²) in [5.41, 5.74) is 1.14. The highest BCUT2D eigenvalue weighted by molar-refractivity contribution is 4.97. The van der Waals surface area contributed by atoms with Crippen LogP contribution in [0.15, 0.2) is 0 Å². The maximum atomic E-state index is 2.79. The molecule has 0 bridgehead atoms. The van der Waals surface area contributed by atoms with Gasteiger partial charge in [-0.1, -0.05) is 33.6 Å². The normalized spacial score (nSPS) is 34.2. The number of quaternary nitrogens is 1. The molecule has 0 amide bonds. The second-order valence-corrected chi connectivity index (χ2v) is 8.96. The van der Waals surface area contributed by atoms with Crippen molar-refractivity contribution in [3.63, 3.8) is 0 Å². The van der Waals surface area contributed by atoms with Gasteiger partial charge < -0.3 is 4.48 Å². The van der Waals surface area contributed by atoms with Crippen molar-refractivity contribution in [2.24, 2.45) is 5.41 Å². The molecule has 2 heterocycles. The Morgan fingerprint density at radius 3 is 2.35 bits per heavy atom. The topological polar surface area (TPSA) is 3.24 Å². The van der Waals surface area contributed by atoms with Gasteiger partial charge in [-0.2, -0.15) is 0 Å². The van der Waals surface area contributed by atoms with Crippen LogP contribution in [0.1, 0.15) is 66.2 Å². The van der Waals surface area contributed by atoms with Crippen molar-refractivity contribution in [3.05, 3.63) is 0 Å². The van der Waals surface area contributed by atoms with E-state index in [-0.39, 0.29) is 0 Å². The van der Waals surface area contributed by atoms with Gasteiger partial charge >= 0.3 is 0 Å². The van der Waals surface area contributed by atoms with E-state index in [4.69, 9.17) is 0 Å². The lowest BCUT2D eigenvalue weighted by atomic mass is 9.79. The van der Waals surface area contributed by atoms with Gasteiger partial charge in [0.25, 0.3) is 0 Å². The fourth-order valence-corrected chi connectivity index (χ4v) is 5.31. The van der Waals surface area contributed by atoms with Crippen LogP contribution < -0.4 is 0 Å². The first-order valence-corrected chi connectivity index (χ1v) is 9.00. The third-order valence-corrected chi connectivity index (χ3v) is 6.69. The first kappa shape index (κ1) is 14.8. The number of hydrogen-bond donors (Lipinski definition) is 0. The summed E-state index contributed by atoms with van der Waals surface area (Å²) in [6.45, 7) is 16.9.